The van der Waals surface area contributed by atoms with Crippen molar-refractivity contribution in [1.82, 2.24) is 10.2 Å². The highest BCUT2D eigenvalue weighted by molar-refractivity contribution is 6.36. The fraction of sp³-hybridized carbons (Fsp3) is 0.182. The molecule has 1 heterocycles. The van der Waals surface area contributed by atoms with Crippen molar-refractivity contribution in [2.45, 2.75) is 6.92 Å². The van der Waals surface area contributed by atoms with E-state index in [0.29, 0.717) is 15.8 Å². The summed E-state index contributed by atoms with van der Waals surface area (Å²) in [5.74, 6) is 0.581. The molecule has 0 aliphatic rings. The number of methoxy groups -OCH3 is 1. The molecule has 0 atom stereocenters. The Hall–Kier alpha value is -1.19. The fourth-order valence-electron chi connectivity index (χ4n) is 1.51. The third-order valence-corrected chi connectivity index (χ3v) is 2.69. The SMILES string of the molecule is COc1c(Cl)cc(Cl)cc1-c1cc(C)[nH]n1. The lowest BCUT2D eigenvalue weighted by Gasteiger charge is -2.08. The third kappa shape index (κ3) is 2.01. The molecule has 0 saturated heterocycles. The maximum Gasteiger partial charge on any atom is 0.147 e. The lowest BCUT2D eigenvalue weighted by molar-refractivity contribution is 0.416. The number of halogens is 2. The zero-order chi connectivity index (χ0) is 11.7. The number of rotatable bonds is 2. The molecule has 0 radical (unpaired) electrons. The summed E-state index contributed by atoms with van der Waals surface area (Å²) in [4.78, 5) is 0. The Morgan fingerprint density at radius 2 is 2.00 bits per heavy atom. The van der Waals surface area contributed by atoms with Crippen molar-refractivity contribution in [1.29, 1.82) is 0 Å². The summed E-state index contributed by atoms with van der Waals surface area (Å²) >= 11 is 12.0. The minimum atomic E-state index is 0.477. The molecule has 84 valence electrons. The largest absolute Gasteiger partial charge is 0.494 e. The summed E-state index contributed by atoms with van der Waals surface area (Å²) in [6.45, 7) is 1.93. The molecule has 0 amide bonds. The van der Waals surface area contributed by atoms with E-state index in [4.69, 9.17) is 27.9 Å². The second-order valence-electron chi connectivity index (χ2n) is 3.40. The number of ether oxygens (including phenoxy) is 1. The minimum Gasteiger partial charge on any atom is -0.494 e. The number of hydrogen-bond acceptors (Lipinski definition) is 2. The molecule has 16 heavy (non-hydrogen) atoms. The van der Waals surface area contributed by atoms with E-state index in [1.54, 1.807) is 19.2 Å². The number of benzene rings is 1. The van der Waals surface area contributed by atoms with Crippen LogP contribution in [-0.4, -0.2) is 17.3 Å². The van der Waals surface area contributed by atoms with Crippen LogP contribution in [0.4, 0.5) is 0 Å². The van der Waals surface area contributed by atoms with Crippen molar-refractivity contribution < 1.29 is 4.74 Å². The van der Waals surface area contributed by atoms with E-state index in [-0.39, 0.29) is 0 Å². The van der Waals surface area contributed by atoms with E-state index in [2.05, 4.69) is 10.2 Å². The maximum atomic E-state index is 6.04. The molecule has 0 fully saturated rings. The van der Waals surface area contributed by atoms with Crippen molar-refractivity contribution in [2.24, 2.45) is 0 Å². The topological polar surface area (TPSA) is 37.9 Å². The zero-order valence-corrected chi connectivity index (χ0v) is 10.4. The number of aryl methyl sites for hydroxylation is 1. The first-order valence-electron chi connectivity index (χ1n) is 4.67. The normalized spacial score (nSPS) is 10.5. The second kappa shape index (κ2) is 4.36. The van der Waals surface area contributed by atoms with Crippen molar-refractivity contribution >= 4 is 23.2 Å². The highest BCUT2D eigenvalue weighted by Crippen LogP contribution is 2.38. The minimum absolute atomic E-state index is 0.477. The van der Waals surface area contributed by atoms with Gasteiger partial charge in [-0.3, -0.25) is 5.10 Å². The van der Waals surface area contributed by atoms with Gasteiger partial charge in [-0.25, -0.2) is 0 Å². The predicted molar refractivity (Wildman–Crippen MR) is 65.3 cm³/mol. The average molecular weight is 257 g/mol. The van der Waals surface area contributed by atoms with Crippen LogP contribution in [0.25, 0.3) is 11.3 Å². The highest BCUT2D eigenvalue weighted by Gasteiger charge is 2.13. The van der Waals surface area contributed by atoms with Crippen molar-refractivity contribution in [3.05, 3.63) is 33.9 Å². The number of aromatic nitrogens is 2. The Labute approximate surface area is 103 Å². The molecule has 2 rings (SSSR count). The smallest absolute Gasteiger partial charge is 0.147 e. The molecule has 0 bridgehead atoms. The van der Waals surface area contributed by atoms with Gasteiger partial charge in [0, 0.05) is 16.3 Å². The predicted octanol–water partition coefficient (Wildman–Crippen LogP) is 3.70. The van der Waals surface area contributed by atoms with E-state index >= 15 is 0 Å². The van der Waals surface area contributed by atoms with Gasteiger partial charge in [-0.2, -0.15) is 5.10 Å². The number of H-pyrrole nitrogens is 1. The quantitative estimate of drug-likeness (QED) is 0.890. The lowest BCUT2D eigenvalue weighted by atomic mass is 10.1. The Balaban J connectivity index is 2.63. The zero-order valence-electron chi connectivity index (χ0n) is 8.84. The Morgan fingerprint density at radius 1 is 1.25 bits per heavy atom. The van der Waals surface area contributed by atoms with E-state index in [0.717, 1.165) is 17.0 Å². The van der Waals surface area contributed by atoms with Crippen molar-refractivity contribution in [2.75, 3.05) is 7.11 Å². The lowest BCUT2D eigenvalue weighted by Crippen LogP contribution is -1.89. The van der Waals surface area contributed by atoms with Gasteiger partial charge in [-0.15, -0.1) is 0 Å². The van der Waals surface area contributed by atoms with Gasteiger partial charge in [0.2, 0.25) is 0 Å². The van der Waals surface area contributed by atoms with Crippen LogP contribution in [0.2, 0.25) is 10.0 Å². The first kappa shape index (κ1) is 11.3. The maximum absolute atomic E-state index is 6.04. The van der Waals surface area contributed by atoms with E-state index < -0.39 is 0 Å². The van der Waals surface area contributed by atoms with Crippen LogP contribution in [-0.2, 0) is 0 Å². The van der Waals surface area contributed by atoms with Crippen LogP contribution in [0, 0.1) is 6.92 Å². The van der Waals surface area contributed by atoms with Gasteiger partial charge >= 0.3 is 0 Å². The van der Waals surface area contributed by atoms with Crippen LogP contribution in [0.5, 0.6) is 5.75 Å². The number of aromatic amines is 1. The van der Waals surface area contributed by atoms with E-state index in [1.807, 2.05) is 13.0 Å². The molecule has 2 aromatic rings. The molecular formula is C11H10Cl2N2O. The Bertz CT molecular complexity index is 523. The van der Waals surface area contributed by atoms with E-state index in [9.17, 15) is 0 Å². The number of hydrogen-bond donors (Lipinski definition) is 1. The summed E-state index contributed by atoms with van der Waals surface area (Å²) < 4.78 is 5.25. The van der Waals surface area contributed by atoms with Gasteiger partial charge in [0.1, 0.15) is 5.75 Å². The standard InChI is InChI=1S/C11H10Cl2N2O/c1-6-3-10(15-14-6)8-4-7(12)5-9(13)11(8)16-2/h3-5H,1-2H3,(H,14,15). The van der Waals surface area contributed by atoms with Gasteiger partial charge in [0.15, 0.2) is 0 Å². The van der Waals surface area contributed by atoms with Gasteiger partial charge in [0.05, 0.1) is 17.8 Å². The van der Waals surface area contributed by atoms with Crippen LogP contribution in [0.3, 0.4) is 0 Å². The number of nitrogens with one attached hydrogen (secondary N) is 1. The van der Waals surface area contributed by atoms with Crippen LogP contribution in [0.1, 0.15) is 5.69 Å². The van der Waals surface area contributed by atoms with Crippen LogP contribution >= 0.6 is 23.2 Å². The van der Waals surface area contributed by atoms with E-state index in [1.165, 1.54) is 0 Å². The first-order valence-corrected chi connectivity index (χ1v) is 5.43. The number of nitrogens with zero attached hydrogens (tertiary/aromatic N) is 1. The van der Waals surface area contributed by atoms with Crippen LogP contribution < -0.4 is 4.74 Å². The summed E-state index contributed by atoms with van der Waals surface area (Å²) in [5.41, 5.74) is 2.51. The molecule has 5 heteroatoms. The van der Waals surface area contributed by atoms with Gasteiger partial charge < -0.3 is 4.74 Å². The van der Waals surface area contributed by atoms with Gasteiger partial charge in [-0.05, 0) is 25.1 Å². The molecule has 0 spiro atoms. The summed E-state index contributed by atoms with van der Waals surface area (Å²) in [6, 6.07) is 5.33. The monoisotopic (exact) mass is 256 g/mol. The molecule has 1 aromatic heterocycles. The summed E-state index contributed by atoms with van der Waals surface area (Å²) in [6.07, 6.45) is 0. The van der Waals surface area contributed by atoms with Gasteiger partial charge in [0.25, 0.3) is 0 Å². The highest BCUT2D eigenvalue weighted by atomic mass is 35.5. The fourth-order valence-corrected chi connectivity index (χ4v) is 2.08. The molecule has 0 unspecified atom stereocenters. The second-order valence-corrected chi connectivity index (χ2v) is 4.25. The third-order valence-electron chi connectivity index (χ3n) is 2.19. The Morgan fingerprint density at radius 3 is 2.56 bits per heavy atom. The average Bonchev–Trinajstić information content (AvgIpc) is 2.63. The molecular weight excluding hydrogens is 247 g/mol. The molecule has 1 aromatic carbocycles. The van der Waals surface area contributed by atoms with Crippen LogP contribution in [0.15, 0.2) is 18.2 Å². The molecule has 3 nitrogen and oxygen atoms in total. The Kier molecular flexibility index (Phi) is 3.08. The molecule has 1 N–H and O–H groups in total. The summed E-state index contributed by atoms with van der Waals surface area (Å²) in [7, 11) is 1.57. The van der Waals surface area contributed by atoms with Gasteiger partial charge in [-0.1, -0.05) is 23.2 Å². The molecule has 0 saturated carbocycles. The van der Waals surface area contributed by atoms with Crippen molar-refractivity contribution in [3.63, 3.8) is 0 Å². The van der Waals surface area contributed by atoms with Crippen molar-refractivity contribution in [3.8, 4) is 17.0 Å². The molecule has 0 aliphatic carbocycles. The molecule has 0 aliphatic heterocycles. The first-order chi connectivity index (χ1) is 7.61. The summed E-state index contributed by atoms with van der Waals surface area (Å²) in [5, 5.41) is 8.05.